The molecule has 5 nitrogen and oxygen atoms in total. The zero-order valence-corrected chi connectivity index (χ0v) is 8.06. The summed E-state index contributed by atoms with van der Waals surface area (Å²) in [5.41, 5.74) is 6.29. The second-order valence-corrected chi connectivity index (χ2v) is 2.91. The molecule has 0 aromatic heterocycles. The number of hydrogen-bond donors (Lipinski definition) is 2. The monoisotopic (exact) mass is 205 g/mol. The lowest BCUT2D eigenvalue weighted by molar-refractivity contribution is -0.383. The van der Waals surface area contributed by atoms with E-state index in [1.165, 1.54) is 12.1 Å². The van der Waals surface area contributed by atoms with Gasteiger partial charge in [0.2, 0.25) is 0 Å². The molecule has 0 heterocycles. The van der Waals surface area contributed by atoms with E-state index in [-0.39, 0.29) is 11.4 Å². The van der Waals surface area contributed by atoms with E-state index in [0.717, 1.165) is 5.69 Å². The van der Waals surface area contributed by atoms with Crippen molar-refractivity contribution in [2.24, 2.45) is 0 Å². The van der Waals surface area contributed by atoms with Crippen LogP contribution in [0.5, 0.6) is 0 Å². The second-order valence-electron chi connectivity index (χ2n) is 2.91. The Bertz CT molecular complexity index is 410. The summed E-state index contributed by atoms with van der Waals surface area (Å²) < 4.78 is 0. The van der Waals surface area contributed by atoms with E-state index in [1.807, 2.05) is 0 Å². The van der Waals surface area contributed by atoms with Gasteiger partial charge < -0.3 is 11.1 Å². The average molecular weight is 205 g/mol. The third-order valence-electron chi connectivity index (χ3n) is 1.82. The molecule has 0 radical (unpaired) electrons. The maximum atomic E-state index is 10.5. The van der Waals surface area contributed by atoms with Gasteiger partial charge in [0.15, 0.2) is 0 Å². The smallest absolute Gasteiger partial charge is 0.292 e. The Morgan fingerprint density at radius 2 is 2.33 bits per heavy atom. The highest BCUT2D eigenvalue weighted by molar-refractivity contribution is 5.65. The number of nitro benzene ring substituents is 1. The van der Waals surface area contributed by atoms with Crippen molar-refractivity contribution in [2.45, 2.75) is 6.42 Å². The summed E-state index contributed by atoms with van der Waals surface area (Å²) in [6.07, 6.45) is 5.68. The molecule has 0 saturated carbocycles. The lowest BCUT2D eigenvalue weighted by Crippen LogP contribution is -2.02. The third kappa shape index (κ3) is 2.88. The molecule has 1 aromatic rings. The predicted octanol–water partition coefficient (Wildman–Crippen LogP) is 1.61. The summed E-state index contributed by atoms with van der Waals surface area (Å²) in [4.78, 5) is 9.96. The highest BCUT2D eigenvalue weighted by Crippen LogP contribution is 2.24. The van der Waals surface area contributed by atoms with E-state index in [9.17, 15) is 10.1 Å². The highest BCUT2D eigenvalue weighted by Gasteiger charge is 2.10. The summed E-state index contributed by atoms with van der Waals surface area (Å²) in [5.74, 6) is 2.48. The van der Waals surface area contributed by atoms with Crippen LogP contribution in [0.2, 0.25) is 0 Å². The van der Waals surface area contributed by atoms with Crippen molar-refractivity contribution < 1.29 is 4.92 Å². The van der Waals surface area contributed by atoms with E-state index in [4.69, 9.17) is 12.2 Å². The largest absolute Gasteiger partial charge is 0.393 e. The van der Waals surface area contributed by atoms with Crippen LogP contribution in [0, 0.1) is 22.5 Å². The van der Waals surface area contributed by atoms with Gasteiger partial charge in [-0.15, -0.1) is 12.3 Å². The van der Waals surface area contributed by atoms with E-state index in [2.05, 4.69) is 11.2 Å². The van der Waals surface area contributed by atoms with Crippen LogP contribution >= 0.6 is 0 Å². The molecule has 0 spiro atoms. The molecule has 15 heavy (non-hydrogen) atoms. The maximum Gasteiger partial charge on any atom is 0.292 e. The zero-order valence-electron chi connectivity index (χ0n) is 8.06. The topological polar surface area (TPSA) is 81.2 Å². The molecular weight excluding hydrogens is 194 g/mol. The van der Waals surface area contributed by atoms with Gasteiger partial charge in [-0.1, -0.05) is 0 Å². The Morgan fingerprint density at radius 3 is 2.87 bits per heavy atom. The maximum absolute atomic E-state index is 10.5. The minimum atomic E-state index is -0.513. The first kappa shape index (κ1) is 10.9. The first-order valence-corrected chi connectivity index (χ1v) is 4.36. The van der Waals surface area contributed by atoms with Crippen molar-refractivity contribution in [3.05, 3.63) is 28.3 Å². The van der Waals surface area contributed by atoms with Gasteiger partial charge in [-0.2, -0.15) is 0 Å². The van der Waals surface area contributed by atoms with Crippen LogP contribution in [-0.2, 0) is 0 Å². The normalized spacial score (nSPS) is 9.27. The SMILES string of the molecule is C#CCCNc1ccc([N+](=O)[O-])c(N)c1. The number of hydrogen-bond acceptors (Lipinski definition) is 4. The molecule has 0 bridgehead atoms. The number of nitrogens with two attached hydrogens (primary N) is 1. The van der Waals surface area contributed by atoms with E-state index in [0.29, 0.717) is 13.0 Å². The van der Waals surface area contributed by atoms with Gasteiger partial charge in [0, 0.05) is 24.7 Å². The Kier molecular flexibility index (Phi) is 3.52. The van der Waals surface area contributed by atoms with Crippen molar-refractivity contribution in [1.82, 2.24) is 0 Å². The molecule has 0 aliphatic carbocycles. The number of terminal acetylenes is 1. The molecule has 0 atom stereocenters. The molecule has 5 heteroatoms. The fraction of sp³-hybridized carbons (Fsp3) is 0.200. The van der Waals surface area contributed by atoms with E-state index >= 15 is 0 Å². The third-order valence-corrected chi connectivity index (χ3v) is 1.82. The van der Waals surface area contributed by atoms with Crippen LogP contribution in [0.1, 0.15) is 6.42 Å². The van der Waals surface area contributed by atoms with E-state index in [1.54, 1.807) is 6.07 Å². The minimum Gasteiger partial charge on any atom is -0.393 e. The van der Waals surface area contributed by atoms with Gasteiger partial charge in [0.25, 0.3) is 5.69 Å². The molecule has 1 rings (SSSR count). The van der Waals surface area contributed by atoms with E-state index < -0.39 is 4.92 Å². The standard InChI is InChI=1S/C10H11N3O2/c1-2-3-6-12-8-4-5-10(13(14)15)9(11)7-8/h1,4-5,7,12H,3,6,11H2. The molecule has 0 saturated heterocycles. The van der Waals surface area contributed by atoms with Crippen LogP contribution in [0.3, 0.4) is 0 Å². The second kappa shape index (κ2) is 4.86. The molecule has 0 aliphatic heterocycles. The number of nitrogens with zero attached hydrogens (tertiary/aromatic N) is 1. The Balaban J connectivity index is 2.74. The number of rotatable bonds is 4. The molecule has 0 amide bonds. The van der Waals surface area contributed by atoms with Gasteiger partial charge in [0.1, 0.15) is 5.69 Å². The van der Waals surface area contributed by atoms with Crippen molar-refractivity contribution in [3.63, 3.8) is 0 Å². The van der Waals surface area contributed by atoms with Crippen molar-refractivity contribution in [3.8, 4) is 12.3 Å². The number of nitro groups is 1. The lowest BCUT2D eigenvalue weighted by Gasteiger charge is -2.04. The summed E-state index contributed by atoms with van der Waals surface area (Å²) >= 11 is 0. The fourth-order valence-corrected chi connectivity index (χ4v) is 1.11. The summed E-state index contributed by atoms with van der Waals surface area (Å²) in [6, 6.07) is 4.49. The van der Waals surface area contributed by atoms with Gasteiger partial charge >= 0.3 is 0 Å². The zero-order chi connectivity index (χ0) is 11.3. The Morgan fingerprint density at radius 1 is 1.60 bits per heavy atom. The van der Waals surface area contributed by atoms with Crippen molar-refractivity contribution in [1.29, 1.82) is 0 Å². The molecule has 0 fully saturated rings. The Hall–Kier alpha value is -2.22. The molecule has 1 aromatic carbocycles. The lowest BCUT2D eigenvalue weighted by atomic mass is 10.2. The number of anilines is 2. The minimum absolute atomic E-state index is 0.0856. The van der Waals surface area contributed by atoms with Crippen molar-refractivity contribution >= 4 is 17.1 Å². The quantitative estimate of drug-likeness (QED) is 0.257. The van der Waals surface area contributed by atoms with Crippen LogP contribution < -0.4 is 11.1 Å². The first-order chi connectivity index (χ1) is 7.15. The summed E-state index contributed by atoms with van der Waals surface area (Å²) in [7, 11) is 0. The first-order valence-electron chi connectivity index (χ1n) is 4.36. The highest BCUT2D eigenvalue weighted by atomic mass is 16.6. The van der Waals surface area contributed by atoms with Crippen LogP contribution in [0.15, 0.2) is 18.2 Å². The Labute approximate surface area is 87.4 Å². The molecule has 0 aliphatic rings. The van der Waals surface area contributed by atoms with Gasteiger partial charge in [0.05, 0.1) is 4.92 Å². The average Bonchev–Trinajstić information content (AvgIpc) is 2.17. The number of benzene rings is 1. The number of nitrogen functional groups attached to an aromatic ring is 1. The van der Waals surface area contributed by atoms with Gasteiger partial charge in [-0.25, -0.2) is 0 Å². The molecule has 0 unspecified atom stereocenters. The van der Waals surface area contributed by atoms with Gasteiger partial charge in [-0.05, 0) is 12.1 Å². The fourth-order valence-electron chi connectivity index (χ4n) is 1.11. The predicted molar refractivity (Wildman–Crippen MR) is 59.4 cm³/mol. The summed E-state index contributed by atoms with van der Waals surface area (Å²) in [5, 5.41) is 13.5. The van der Waals surface area contributed by atoms with Crippen molar-refractivity contribution in [2.75, 3.05) is 17.6 Å². The van der Waals surface area contributed by atoms with Crippen LogP contribution in [0.4, 0.5) is 17.1 Å². The van der Waals surface area contributed by atoms with Gasteiger partial charge in [-0.3, -0.25) is 10.1 Å². The van der Waals surface area contributed by atoms with Crippen LogP contribution in [-0.4, -0.2) is 11.5 Å². The molecular formula is C10H11N3O2. The molecule has 78 valence electrons. The molecule has 3 N–H and O–H groups in total. The van der Waals surface area contributed by atoms with Crippen LogP contribution in [0.25, 0.3) is 0 Å². The number of nitrogens with one attached hydrogen (secondary N) is 1. The summed E-state index contributed by atoms with van der Waals surface area (Å²) in [6.45, 7) is 0.619.